The molecule has 0 aromatic heterocycles. The van der Waals surface area contributed by atoms with Crippen LogP contribution in [0.15, 0.2) is 30.4 Å². The van der Waals surface area contributed by atoms with Crippen molar-refractivity contribution in [3.8, 4) is 5.75 Å². The third kappa shape index (κ3) is 6.86. The molecule has 1 fully saturated rings. The van der Waals surface area contributed by atoms with Crippen molar-refractivity contribution in [3.05, 3.63) is 41.5 Å². The smallest absolute Gasteiger partial charge is 0.410 e. The molecule has 1 saturated heterocycles. The molecule has 1 aromatic carbocycles. The lowest BCUT2D eigenvalue weighted by Gasteiger charge is -2.34. The Hall–Kier alpha value is -3.76. The monoisotopic (exact) mass is 557 g/mol. The van der Waals surface area contributed by atoms with Gasteiger partial charge in [0.1, 0.15) is 30.5 Å². The lowest BCUT2D eigenvalue weighted by atomic mass is 9.85. The van der Waals surface area contributed by atoms with Crippen LogP contribution in [0.3, 0.4) is 0 Å². The molecule has 218 valence electrons. The number of alkyl carbamates (subject to hydrolysis) is 1. The molecule has 3 amide bonds. The number of ether oxygens (including phenoxy) is 4. The molecule has 1 N–H and O–H groups in total. The molecular formula is C29H39N3O8. The number of rotatable bonds is 1. The van der Waals surface area contributed by atoms with E-state index in [-0.39, 0.29) is 19.6 Å². The Bertz CT molecular complexity index is 1140. The number of esters is 1. The Morgan fingerprint density at radius 3 is 2.62 bits per heavy atom. The predicted molar refractivity (Wildman–Crippen MR) is 144 cm³/mol. The lowest BCUT2D eigenvalue weighted by Crippen LogP contribution is -2.57. The van der Waals surface area contributed by atoms with Crippen LogP contribution in [0.4, 0.5) is 9.59 Å². The van der Waals surface area contributed by atoms with E-state index in [1.54, 1.807) is 4.90 Å². The number of hydrogen-bond donors (Lipinski definition) is 1. The summed E-state index contributed by atoms with van der Waals surface area (Å²) in [5, 5.41) is 2.69. The van der Waals surface area contributed by atoms with Gasteiger partial charge in [-0.25, -0.2) is 14.4 Å². The fourth-order valence-corrected chi connectivity index (χ4v) is 5.19. The third-order valence-electron chi connectivity index (χ3n) is 7.36. The third-order valence-corrected chi connectivity index (χ3v) is 7.36. The second-order valence-corrected chi connectivity index (χ2v) is 11.4. The molecule has 3 aliphatic heterocycles. The van der Waals surface area contributed by atoms with Gasteiger partial charge in [0, 0.05) is 18.5 Å². The summed E-state index contributed by atoms with van der Waals surface area (Å²) in [6.07, 6.45) is 4.37. The van der Waals surface area contributed by atoms with Crippen LogP contribution in [0.25, 0.3) is 0 Å². The maximum absolute atomic E-state index is 13.8. The summed E-state index contributed by atoms with van der Waals surface area (Å²) >= 11 is 0. The summed E-state index contributed by atoms with van der Waals surface area (Å²) in [6.45, 7) is 6.75. The van der Waals surface area contributed by atoms with Gasteiger partial charge in [0.05, 0.1) is 26.8 Å². The number of hydrogen-bond acceptors (Lipinski definition) is 8. The van der Waals surface area contributed by atoms with Crippen molar-refractivity contribution in [2.24, 2.45) is 5.41 Å². The van der Waals surface area contributed by atoms with E-state index in [4.69, 9.17) is 18.9 Å². The van der Waals surface area contributed by atoms with Crippen LogP contribution in [0.5, 0.6) is 5.75 Å². The van der Waals surface area contributed by atoms with Crippen LogP contribution in [0, 0.1) is 5.41 Å². The number of benzene rings is 1. The first-order valence-electron chi connectivity index (χ1n) is 13.7. The van der Waals surface area contributed by atoms with E-state index in [0.717, 1.165) is 29.7 Å². The van der Waals surface area contributed by atoms with Crippen LogP contribution < -0.4 is 10.1 Å². The summed E-state index contributed by atoms with van der Waals surface area (Å²) < 4.78 is 22.1. The van der Waals surface area contributed by atoms with Crippen molar-refractivity contribution in [2.75, 3.05) is 26.9 Å². The summed E-state index contributed by atoms with van der Waals surface area (Å²) in [7, 11) is 1.24. The van der Waals surface area contributed by atoms with E-state index in [1.807, 2.05) is 51.1 Å². The van der Waals surface area contributed by atoms with E-state index in [1.165, 1.54) is 12.0 Å². The first kappa shape index (κ1) is 29.2. The van der Waals surface area contributed by atoms with Crippen molar-refractivity contribution in [3.63, 3.8) is 0 Å². The van der Waals surface area contributed by atoms with Gasteiger partial charge in [0.25, 0.3) is 0 Å². The van der Waals surface area contributed by atoms with Gasteiger partial charge >= 0.3 is 18.2 Å². The van der Waals surface area contributed by atoms with Gasteiger partial charge in [-0.2, -0.15) is 0 Å². The molecule has 0 spiro atoms. The lowest BCUT2D eigenvalue weighted by molar-refractivity contribution is -0.152. The van der Waals surface area contributed by atoms with E-state index < -0.39 is 47.7 Å². The molecule has 0 radical (unpaired) electrons. The average Bonchev–Trinajstić information content (AvgIpc) is 3.54. The Morgan fingerprint density at radius 2 is 1.88 bits per heavy atom. The number of methoxy groups -OCH3 is 1. The number of carbonyl (C=O) groups excluding carboxylic acids is 4. The zero-order chi connectivity index (χ0) is 28.9. The van der Waals surface area contributed by atoms with Gasteiger partial charge in [0.2, 0.25) is 5.91 Å². The largest absolute Gasteiger partial charge is 0.489 e. The highest BCUT2D eigenvalue weighted by molar-refractivity contribution is 5.91. The van der Waals surface area contributed by atoms with Gasteiger partial charge in [0.15, 0.2) is 0 Å². The number of allylic oxidation sites excluding steroid dienone is 1. The Morgan fingerprint density at radius 1 is 1.07 bits per heavy atom. The molecule has 11 heteroatoms. The molecule has 3 aliphatic rings. The highest BCUT2D eigenvalue weighted by Gasteiger charge is 2.47. The first-order valence-corrected chi connectivity index (χ1v) is 13.7. The first-order chi connectivity index (χ1) is 19.1. The van der Waals surface area contributed by atoms with Crippen molar-refractivity contribution in [2.45, 2.75) is 77.7 Å². The van der Waals surface area contributed by atoms with E-state index in [2.05, 4.69) is 5.32 Å². The molecule has 4 bridgehead atoms. The van der Waals surface area contributed by atoms with Crippen LogP contribution in [0.2, 0.25) is 0 Å². The minimum Gasteiger partial charge on any atom is -0.489 e. The standard InChI is InChI=1S/C29H39N3O8/c1-29(2,3)24-25(33)32-17-20(15-22(32)26(34)37-4)40-28(36)31-16-19-11-10-12-23(21(19)18-31)38-13-8-6-5-7-9-14-39-27(35)30-24/h6,8,10-12,20,22,24H,5,7,9,13-18H2,1-4H3,(H,30,35)/b8-6+/t20?,22-,24+/m0/s1. The minimum absolute atomic E-state index is 0.00483. The van der Waals surface area contributed by atoms with Gasteiger partial charge in [-0.15, -0.1) is 0 Å². The minimum atomic E-state index is -0.978. The molecule has 11 nitrogen and oxygen atoms in total. The van der Waals surface area contributed by atoms with Gasteiger partial charge < -0.3 is 29.2 Å². The normalized spacial score (nSPS) is 25.5. The molecule has 0 aliphatic carbocycles. The molecule has 4 rings (SSSR count). The number of carbonyl (C=O) groups is 4. The SMILES string of the molecule is COC(=O)[C@@H]1CC2CN1C(=O)[C@H](C(C)(C)C)NC(=O)OCCCC/C=C/COc1cccc3c1CN(C3)C(=O)O2. The Balaban J connectivity index is 1.57. The number of nitrogens with one attached hydrogen (secondary N) is 1. The number of amides is 3. The average molecular weight is 558 g/mol. The van der Waals surface area contributed by atoms with Crippen molar-refractivity contribution in [1.29, 1.82) is 0 Å². The molecular weight excluding hydrogens is 518 g/mol. The summed E-state index contributed by atoms with van der Waals surface area (Å²) in [6, 6.07) is 3.81. The molecule has 0 saturated carbocycles. The van der Waals surface area contributed by atoms with Crippen molar-refractivity contribution in [1.82, 2.24) is 15.1 Å². The van der Waals surface area contributed by atoms with Crippen molar-refractivity contribution >= 4 is 24.1 Å². The predicted octanol–water partition coefficient (Wildman–Crippen LogP) is 3.54. The second-order valence-electron chi connectivity index (χ2n) is 11.4. The van der Waals surface area contributed by atoms with E-state index in [0.29, 0.717) is 26.1 Å². The summed E-state index contributed by atoms with van der Waals surface area (Å²) in [4.78, 5) is 55.1. The van der Waals surface area contributed by atoms with Crippen LogP contribution in [-0.2, 0) is 36.9 Å². The quantitative estimate of drug-likeness (QED) is 0.316. The maximum Gasteiger partial charge on any atom is 0.410 e. The second kappa shape index (κ2) is 12.6. The molecule has 1 aromatic rings. The number of fused-ring (bicyclic) bond motifs is 3. The zero-order valence-corrected chi connectivity index (χ0v) is 23.6. The highest BCUT2D eigenvalue weighted by atomic mass is 16.6. The zero-order valence-electron chi connectivity index (χ0n) is 23.6. The maximum atomic E-state index is 13.8. The topological polar surface area (TPSA) is 124 Å². The van der Waals surface area contributed by atoms with Gasteiger partial charge in [-0.05, 0) is 36.3 Å². The molecule has 40 heavy (non-hydrogen) atoms. The Kier molecular flexibility index (Phi) is 9.21. The molecule has 3 atom stereocenters. The van der Waals surface area contributed by atoms with Crippen molar-refractivity contribution < 1.29 is 38.1 Å². The fraction of sp³-hybridized carbons (Fsp3) is 0.586. The van der Waals surface area contributed by atoms with E-state index in [9.17, 15) is 19.2 Å². The summed E-state index contributed by atoms with van der Waals surface area (Å²) in [5.41, 5.74) is 1.23. The van der Waals surface area contributed by atoms with Crippen LogP contribution >= 0.6 is 0 Å². The van der Waals surface area contributed by atoms with Crippen LogP contribution in [0.1, 0.15) is 57.6 Å². The number of cyclic esters (lactones) is 1. The van der Waals surface area contributed by atoms with Crippen LogP contribution in [-0.4, -0.2) is 78.9 Å². The highest BCUT2D eigenvalue weighted by Crippen LogP contribution is 2.33. The van der Waals surface area contributed by atoms with E-state index >= 15 is 0 Å². The summed E-state index contributed by atoms with van der Waals surface area (Å²) in [5.74, 6) is -0.367. The van der Waals surface area contributed by atoms with Gasteiger partial charge in [-0.1, -0.05) is 45.1 Å². The molecule has 1 unspecified atom stereocenters. The fourth-order valence-electron chi connectivity index (χ4n) is 5.19. The molecule has 3 heterocycles. The Labute approximate surface area is 234 Å². The number of nitrogens with zero attached hydrogens (tertiary/aromatic N) is 2. The van der Waals surface area contributed by atoms with Gasteiger partial charge in [-0.3, -0.25) is 9.69 Å².